The van der Waals surface area contributed by atoms with Gasteiger partial charge in [0.25, 0.3) is 11.6 Å². The highest BCUT2D eigenvalue weighted by Gasteiger charge is 2.46. The van der Waals surface area contributed by atoms with Crippen LogP contribution < -0.4 is 0 Å². The van der Waals surface area contributed by atoms with Crippen LogP contribution in [0.15, 0.2) is 24.3 Å². The third-order valence-corrected chi connectivity index (χ3v) is 3.55. The summed E-state index contributed by atoms with van der Waals surface area (Å²) in [5.74, 6) is -0.555. The second-order valence-electron chi connectivity index (χ2n) is 4.00. The van der Waals surface area contributed by atoms with Crippen LogP contribution in [0.1, 0.15) is 12.5 Å². The Morgan fingerprint density at radius 2 is 1.95 bits per heavy atom. The summed E-state index contributed by atoms with van der Waals surface area (Å²) in [6, 6.07) is 5.25. The van der Waals surface area contributed by atoms with Gasteiger partial charge in [-0.05, 0) is 24.6 Å². The number of benzene rings is 1. The van der Waals surface area contributed by atoms with Crippen molar-refractivity contribution in [2.24, 2.45) is 0 Å². The van der Waals surface area contributed by atoms with Crippen molar-refractivity contribution in [3.05, 3.63) is 39.9 Å². The molecule has 0 bridgehead atoms. The molecule has 102 valence electrons. The van der Waals surface area contributed by atoms with E-state index >= 15 is 0 Å². The van der Waals surface area contributed by atoms with Crippen LogP contribution in [0, 0.1) is 10.1 Å². The number of hydroxylamine groups is 2. The molecule has 0 saturated carbocycles. The Morgan fingerprint density at radius 1 is 1.37 bits per heavy atom. The van der Waals surface area contributed by atoms with Crippen molar-refractivity contribution in [2.75, 3.05) is 7.05 Å². The van der Waals surface area contributed by atoms with Crippen molar-refractivity contribution >= 4 is 23.0 Å². The van der Waals surface area contributed by atoms with Gasteiger partial charge in [-0.25, -0.2) is 9.25 Å². The van der Waals surface area contributed by atoms with Crippen LogP contribution in [-0.4, -0.2) is 27.2 Å². The van der Waals surface area contributed by atoms with Crippen molar-refractivity contribution in [1.82, 2.24) is 5.06 Å². The maximum absolute atomic E-state index is 12.0. The summed E-state index contributed by atoms with van der Waals surface area (Å²) >= 11 is -2.10. The van der Waals surface area contributed by atoms with Gasteiger partial charge in [0.1, 0.15) is 0 Å². The third-order valence-electron chi connectivity index (χ3n) is 2.73. The molecule has 1 aromatic carbocycles. The summed E-state index contributed by atoms with van der Waals surface area (Å²) in [5.41, 5.74) is -1.26. The van der Waals surface area contributed by atoms with Crippen LogP contribution >= 0.6 is 0 Å². The molecule has 1 heterocycles. The van der Waals surface area contributed by atoms with Gasteiger partial charge in [0.05, 0.1) is 4.92 Å². The summed E-state index contributed by atoms with van der Waals surface area (Å²) < 4.78 is 21.0. The van der Waals surface area contributed by atoms with Crippen LogP contribution in [0.4, 0.5) is 5.69 Å². The van der Waals surface area contributed by atoms with Gasteiger partial charge in [-0.15, -0.1) is 4.28 Å². The number of nitro groups is 1. The molecule has 2 unspecified atom stereocenters. The molecule has 1 fully saturated rings. The lowest BCUT2D eigenvalue weighted by molar-refractivity contribution is -0.384. The van der Waals surface area contributed by atoms with Crippen LogP contribution in [-0.2, 0) is 30.2 Å². The minimum Gasteiger partial charge on any atom is -0.269 e. The van der Waals surface area contributed by atoms with Gasteiger partial charge >= 0.3 is 11.4 Å². The first-order chi connectivity index (χ1) is 8.84. The lowest BCUT2D eigenvalue weighted by atomic mass is 9.95. The van der Waals surface area contributed by atoms with E-state index < -0.39 is 27.8 Å². The Labute approximate surface area is 110 Å². The largest absolute Gasteiger partial charge is 0.329 e. The molecular formula is C10H10N2O6S. The second kappa shape index (κ2) is 4.68. The molecule has 0 N–H and O–H groups in total. The fraction of sp³-hybridized carbons (Fsp3) is 0.300. The number of rotatable bonds is 2. The SMILES string of the molecule is CN1OS(=O)OC(C)(c2ccc([N+](=O)[O-])cc2)C1=O. The predicted molar refractivity (Wildman–Crippen MR) is 63.5 cm³/mol. The molecule has 1 aliphatic rings. The molecule has 19 heavy (non-hydrogen) atoms. The van der Waals surface area contributed by atoms with Crippen molar-refractivity contribution in [2.45, 2.75) is 12.5 Å². The fourth-order valence-electron chi connectivity index (χ4n) is 1.69. The maximum atomic E-state index is 12.0. The van der Waals surface area contributed by atoms with Crippen LogP contribution in [0.3, 0.4) is 0 Å². The molecule has 2 rings (SSSR count). The van der Waals surface area contributed by atoms with E-state index in [4.69, 9.17) is 4.18 Å². The molecule has 1 aliphatic heterocycles. The normalized spacial score (nSPS) is 27.4. The van der Waals surface area contributed by atoms with E-state index in [1.54, 1.807) is 0 Å². The van der Waals surface area contributed by atoms with Gasteiger partial charge in [0.15, 0.2) is 5.60 Å². The summed E-state index contributed by atoms with van der Waals surface area (Å²) in [5, 5.41) is 11.4. The third kappa shape index (κ3) is 2.35. The van der Waals surface area contributed by atoms with E-state index in [2.05, 4.69) is 4.28 Å². The number of amides is 1. The minimum absolute atomic E-state index is 0.110. The summed E-state index contributed by atoms with van der Waals surface area (Å²) in [6.45, 7) is 1.42. The topological polar surface area (TPSA) is 99.0 Å². The molecule has 0 radical (unpaired) electrons. The van der Waals surface area contributed by atoms with Crippen LogP contribution in [0.2, 0.25) is 0 Å². The number of nitro benzene ring substituents is 1. The van der Waals surface area contributed by atoms with E-state index in [-0.39, 0.29) is 5.69 Å². The zero-order valence-electron chi connectivity index (χ0n) is 10.1. The molecule has 0 aromatic heterocycles. The first-order valence-corrected chi connectivity index (χ1v) is 6.17. The zero-order valence-corrected chi connectivity index (χ0v) is 10.9. The molecular weight excluding hydrogens is 276 g/mol. The number of non-ortho nitro benzene ring substituents is 1. The van der Waals surface area contributed by atoms with Gasteiger partial charge in [0, 0.05) is 19.2 Å². The highest BCUT2D eigenvalue weighted by atomic mass is 32.2. The van der Waals surface area contributed by atoms with Gasteiger partial charge in [0.2, 0.25) is 0 Å². The van der Waals surface area contributed by atoms with E-state index in [9.17, 15) is 19.1 Å². The molecule has 9 heteroatoms. The highest BCUT2D eigenvalue weighted by molar-refractivity contribution is 7.75. The lowest BCUT2D eigenvalue weighted by Crippen LogP contribution is -2.50. The van der Waals surface area contributed by atoms with Gasteiger partial charge in [-0.3, -0.25) is 14.9 Å². The summed E-state index contributed by atoms with van der Waals surface area (Å²) in [4.78, 5) is 22.0. The fourth-order valence-corrected chi connectivity index (χ4v) is 2.41. The molecule has 1 amide bonds. The van der Waals surface area contributed by atoms with Crippen molar-refractivity contribution < 1.29 is 22.4 Å². The van der Waals surface area contributed by atoms with Crippen molar-refractivity contribution in [3.8, 4) is 0 Å². The smallest absolute Gasteiger partial charge is 0.269 e. The van der Waals surface area contributed by atoms with Gasteiger partial charge in [-0.1, -0.05) is 0 Å². The number of hydrogen-bond donors (Lipinski definition) is 0. The Hall–Kier alpha value is -1.84. The standard InChI is InChI=1S/C10H10N2O6S/c1-10(9(13)11(2)18-19(16)17-10)7-3-5-8(6-4-7)12(14)15/h3-6H,1-2H3. The highest BCUT2D eigenvalue weighted by Crippen LogP contribution is 2.33. The summed E-state index contributed by atoms with van der Waals surface area (Å²) in [6.07, 6.45) is 0. The van der Waals surface area contributed by atoms with E-state index in [0.29, 0.717) is 5.56 Å². The van der Waals surface area contributed by atoms with E-state index in [1.807, 2.05) is 0 Å². The first-order valence-electron chi connectivity index (χ1n) is 5.17. The number of hydrogen-bond acceptors (Lipinski definition) is 6. The summed E-state index contributed by atoms with van der Waals surface area (Å²) in [7, 11) is 1.31. The molecule has 2 atom stereocenters. The van der Waals surface area contributed by atoms with Crippen LogP contribution in [0.25, 0.3) is 0 Å². The number of carbonyl (C=O) groups is 1. The lowest BCUT2D eigenvalue weighted by Gasteiger charge is -2.34. The Kier molecular flexibility index (Phi) is 3.35. The van der Waals surface area contributed by atoms with E-state index in [0.717, 1.165) is 5.06 Å². The molecule has 8 nitrogen and oxygen atoms in total. The van der Waals surface area contributed by atoms with Gasteiger partial charge in [-0.2, -0.15) is 4.21 Å². The number of likely N-dealkylation sites (N-methyl/N-ethyl adjacent to an activating group) is 1. The number of carbonyl (C=O) groups excluding carboxylic acids is 1. The Bertz CT molecular complexity index is 560. The number of nitrogens with zero attached hydrogens (tertiary/aromatic N) is 2. The quantitative estimate of drug-likeness (QED) is 0.589. The average molecular weight is 286 g/mol. The van der Waals surface area contributed by atoms with Crippen molar-refractivity contribution in [3.63, 3.8) is 0 Å². The molecule has 0 spiro atoms. The van der Waals surface area contributed by atoms with Gasteiger partial charge < -0.3 is 0 Å². The first kappa shape index (κ1) is 13.6. The molecule has 1 aromatic rings. The second-order valence-corrected chi connectivity index (χ2v) is 4.73. The maximum Gasteiger partial charge on any atom is 0.329 e. The van der Waals surface area contributed by atoms with Crippen LogP contribution in [0.5, 0.6) is 0 Å². The molecule has 1 saturated heterocycles. The average Bonchev–Trinajstić information content (AvgIpc) is 2.36. The van der Waals surface area contributed by atoms with E-state index in [1.165, 1.54) is 38.2 Å². The van der Waals surface area contributed by atoms with Crippen molar-refractivity contribution in [1.29, 1.82) is 0 Å². The monoisotopic (exact) mass is 286 g/mol. The predicted octanol–water partition coefficient (Wildman–Crippen LogP) is 0.809. The Morgan fingerprint density at radius 3 is 2.47 bits per heavy atom. The molecule has 0 aliphatic carbocycles. The zero-order chi connectivity index (χ0) is 14.2. The minimum atomic E-state index is -2.10. The Balaban J connectivity index is 2.40.